The van der Waals surface area contributed by atoms with Gasteiger partial charge < -0.3 is 8.98 Å². The molecule has 0 N–H and O–H groups in total. The van der Waals surface area contributed by atoms with Gasteiger partial charge >= 0.3 is 0 Å². The van der Waals surface area contributed by atoms with Crippen molar-refractivity contribution in [3.63, 3.8) is 0 Å². The van der Waals surface area contributed by atoms with E-state index in [9.17, 15) is 0 Å². The van der Waals surface area contributed by atoms with Crippen LogP contribution in [0, 0.1) is 0 Å². The smallest absolute Gasteiger partial charge is 0.238 e. The van der Waals surface area contributed by atoms with E-state index in [-0.39, 0.29) is 0 Å². The second-order valence-corrected chi connectivity index (χ2v) is 16.0. The lowest BCUT2D eigenvalue weighted by Crippen LogP contribution is -2.07. The molecule has 0 unspecified atom stereocenters. The molecule has 63 heavy (non-hydrogen) atoms. The van der Waals surface area contributed by atoms with E-state index in [0.29, 0.717) is 17.6 Å². The highest BCUT2D eigenvalue weighted by Gasteiger charge is 2.25. The maximum absolute atomic E-state index is 6.80. The van der Waals surface area contributed by atoms with Crippen LogP contribution in [0.5, 0.6) is 0 Å². The minimum Gasteiger partial charge on any atom is -0.455 e. The Morgan fingerprint density at radius 1 is 0.333 bits per heavy atom. The molecule has 0 bridgehead atoms. The molecule has 4 heterocycles. The maximum Gasteiger partial charge on any atom is 0.238 e. The van der Waals surface area contributed by atoms with E-state index in [1.165, 1.54) is 5.39 Å². The molecule has 4 aromatic heterocycles. The molecule has 6 nitrogen and oxygen atoms in total. The van der Waals surface area contributed by atoms with E-state index in [2.05, 4.69) is 179 Å². The molecule has 294 valence electrons. The maximum atomic E-state index is 6.80. The predicted molar refractivity (Wildman–Crippen MR) is 258 cm³/mol. The average molecular weight is 806 g/mol. The van der Waals surface area contributed by atoms with Gasteiger partial charge in [-0.25, -0.2) is 4.98 Å². The van der Waals surface area contributed by atoms with Crippen LogP contribution < -0.4 is 0 Å². The lowest BCUT2D eigenvalue weighted by molar-refractivity contribution is 0.670. The summed E-state index contributed by atoms with van der Waals surface area (Å²) in [6.45, 7) is 0. The number of hydrogen-bond acceptors (Lipinski definition) is 4. The van der Waals surface area contributed by atoms with Gasteiger partial charge in [0.05, 0.1) is 22.1 Å². The van der Waals surface area contributed by atoms with Crippen LogP contribution in [0.3, 0.4) is 0 Å². The van der Waals surface area contributed by atoms with Gasteiger partial charge in [0.25, 0.3) is 0 Å². The molecule has 0 spiro atoms. The van der Waals surface area contributed by atoms with E-state index >= 15 is 0 Å². The van der Waals surface area contributed by atoms with E-state index < -0.39 is 0 Å². The average Bonchev–Trinajstić information content (AvgIpc) is 4.02. The molecule has 0 saturated carbocycles. The van der Waals surface area contributed by atoms with Crippen LogP contribution in [-0.2, 0) is 0 Å². The fourth-order valence-electron chi connectivity index (χ4n) is 9.62. The first-order valence-electron chi connectivity index (χ1n) is 21.2. The van der Waals surface area contributed by atoms with Gasteiger partial charge in [-0.05, 0) is 53.6 Å². The third-order valence-corrected chi connectivity index (χ3v) is 12.4. The van der Waals surface area contributed by atoms with Crippen molar-refractivity contribution >= 4 is 65.6 Å². The first-order chi connectivity index (χ1) is 31.3. The van der Waals surface area contributed by atoms with E-state index in [0.717, 1.165) is 99.2 Å². The van der Waals surface area contributed by atoms with Crippen molar-refractivity contribution in [2.45, 2.75) is 0 Å². The first-order valence-corrected chi connectivity index (χ1v) is 21.2. The van der Waals surface area contributed by atoms with Gasteiger partial charge in [0, 0.05) is 60.3 Å². The predicted octanol–water partition coefficient (Wildman–Crippen LogP) is 14.6. The van der Waals surface area contributed by atoms with Crippen LogP contribution in [0.15, 0.2) is 217 Å². The molecular weight excluding hydrogens is 771 g/mol. The Bertz CT molecular complexity index is 3850. The van der Waals surface area contributed by atoms with Crippen molar-refractivity contribution in [2.24, 2.45) is 0 Å². The Hall–Kier alpha value is -8.61. The second kappa shape index (κ2) is 14.0. The van der Waals surface area contributed by atoms with Crippen molar-refractivity contribution < 1.29 is 4.42 Å². The van der Waals surface area contributed by atoms with Gasteiger partial charge in [-0.3, -0.25) is 4.57 Å². The van der Waals surface area contributed by atoms with Gasteiger partial charge in [0.1, 0.15) is 11.2 Å². The lowest BCUT2D eigenvalue weighted by atomic mass is 9.90. The molecule has 0 aliphatic rings. The summed E-state index contributed by atoms with van der Waals surface area (Å²) in [6.07, 6.45) is 0. The summed E-state index contributed by atoms with van der Waals surface area (Å²) in [4.78, 5) is 15.7. The zero-order valence-corrected chi connectivity index (χ0v) is 33.9. The highest BCUT2D eigenvalue weighted by Crippen LogP contribution is 2.47. The number of rotatable bonds is 6. The molecule has 0 atom stereocenters. The molecule has 13 aromatic rings. The first kappa shape index (κ1) is 35.2. The number of furan rings is 1. The monoisotopic (exact) mass is 805 g/mol. The number of aromatic nitrogens is 5. The van der Waals surface area contributed by atoms with Crippen LogP contribution in [-0.4, -0.2) is 24.1 Å². The van der Waals surface area contributed by atoms with Crippen LogP contribution in [0.4, 0.5) is 0 Å². The summed E-state index contributed by atoms with van der Waals surface area (Å²) >= 11 is 0. The van der Waals surface area contributed by atoms with Crippen molar-refractivity contribution in [3.8, 4) is 56.7 Å². The largest absolute Gasteiger partial charge is 0.455 e. The Morgan fingerprint density at radius 3 is 1.56 bits per heavy atom. The SMILES string of the molecule is c1ccc(-c2nc(-c3ccccc3)nc(-n3c4ccccc4c4cccc(-c5cc6c(cc5-c5cccc7c5oc5ccccc57)c5ccccc5n6-c5ccccc5)c43)n2)cc1. The fraction of sp³-hybridized carbons (Fsp3) is 0. The number of benzene rings is 9. The topological polar surface area (TPSA) is 61.7 Å². The summed E-state index contributed by atoms with van der Waals surface area (Å²) in [5.74, 6) is 1.75. The van der Waals surface area contributed by atoms with E-state index in [1.54, 1.807) is 0 Å². The third-order valence-electron chi connectivity index (χ3n) is 12.4. The van der Waals surface area contributed by atoms with E-state index in [1.807, 2.05) is 42.5 Å². The zero-order chi connectivity index (χ0) is 41.4. The quantitative estimate of drug-likeness (QED) is 0.168. The van der Waals surface area contributed by atoms with Gasteiger partial charge in [-0.1, -0.05) is 170 Å². The van der Waals surface area contributed by atoms with Gasteiger partial charge in [-0.15, -0.1) is 0 Å². The van der Waals surface area contributed by atoms with Crippen molar-refractivity contribution in [1.29, 1.82) is 0 Å². The number of nitrogens with zero attached hydrogens (tertiary/aromatic N) is 5. The van der Waals surface area contributed by atoms with Crippen LogP contribution >= 0.6 is 0 Å². The molecule has 9 aromatic carbocycles. The minimum absolute atomic E-state index is 0.543. The second-order valence-electron chi connectivity index (χ2n) is 16.0. The van der Waals surface area contributed by atoms with Crippen molar-refractivity contribution in [2.75, 3.05) is 0 Å². The lowest BCUT2D eigenvalue weighted by Gasteiger charge is -2.17. The van der Waals surface area contributed by atoms with Crippen LogP contribution in [0.1, 0.15) is 0 Å². The van der Waals surface area contributed by atoms with Crippen LogP contribution in [0.25, 0.3) is 122 Å². The molecule has 0 aliphatic heterocycles. The Kier molecular flexibility index (Phi) is 7.80. The highest BCUT2D eigenvalue weighted by molar-refractivity contribution is 6.19. The molecule has 0 fully saturated rings. The fourth-order valence-corrected chi connectivity index (χ4v) is 9.62. The molecule has 0 amide bonds. The summed E-state index contributed by atoms with van der Waals surface area (Å²) in [6, 6.07) is 74.5. The Balaban J connectivity index is 1.18. The minimum atomic E-state index is 0.543. The summed E-state index contributed by atoms with van der Waals surface area (Å²) in [5.41, 5.74) is 13.1. The normalized spacial score (nSPS) is 11.8. The molecular formula is C57H35N5O. The molecule has 6 heteroatoms. The van der Waals surface area contributed by atoms with Crippen molar-refractivity contribution in [1.82, 2.24) is 24.1 Å². The Labute approximate surface area is 361 Å². The highest BCUT2D eigenvalue weighted by atomic mass is 16.3. The standard InChI is InChI=1S/C57H35N5O/c1-4-18-36(19-5-1)55-58-56(37-20-6-2-7-21-37)60-57(59-55)62-50-32-14-10-24-39(50)42-27-16-28-43(53(42)62)47-35-51-48(40-25-11-13-31-49(40)61(51)38-22-8-3-9-23-38)34-46(47)45-30-17-29-44-41-26-12-15-33-52(41)63-54(44)45/h1-35H. The van der Waals surface area contributed by atoms with Gasteiger partial charge in [-0.2, -0.15) is 9.97 Å². The van der Waals surface area contributed by atoms with Crippen molar-refractivity contribution in [3.05, 3.63) is 212 Å². The molecule has 0 aliphatic carbocycles. The number of para-hydroxylation sites is 6. The Morgan fingerprint density at radius 2 is 0.857 bits per heavy atom. The van der Waals surface area contributed by atoms with Gasteiger partial charge in [0.15, 0.2) is 11.6 Å². The number of fused-ring (bicyclic) bond motifs is 9. The summed E-state index contributed by atoms with van der Waals surface area (Å²) in [7, 11) is 0. The third kappa shape index (κ3) is 5.48. The number of hydrogen-bond donors (Lipinski definition) is 0. The zero-order valence-electron chi connectivity index (χ0n) is 33.9. The van der Waals surface area contributed by atoms with E-state index in [4.69, 9.17) is 19.4 Å². The van der Waals surface area contributed by atoms with Gasteiger partial charge in [0.2, 0.25) is 5.95 Å². The molecule has 13 rings (SSSR count). The summed E-state index contributed by atoms with van der Waals surface area (Å²) < 4.78 is 11.4. The summed E-state index contributed by atoms with van der Waals surface area (Å²) in [5, 5.41) is 6.73. The molecule has 0 saturated heterocycles. The molecule has 0 radical (unpaired) electrons. The van der Waals surface area contributed by atoms with Crippen LogP contribution in [0.2, 0.25) is 0 Å².